The standard InChI is InChI=1S/C22H24N6O/c1-2-16(15-24-7-1)21-19-4-3-18(25-17-5-8-23-9-6-17)14-20(19)26-22(27-21)28-10-12-29-13-11-28/h1-2,5-9,15,18H,3-4,10-14H2,(H,23,25)/t18-/m1/s1. The van der Waals surface area contributed by atoms with Crippen LogP contribution in [0.25, 0.3) is 11.3 Å². The topological polar surface area (TPSA) is 76.1 Å². The number of aromatic nitrogens is 4. The minimum absolute atomic E-state index is 0.346. The van der Waals surface area contributed by atoms with Crippen LogP contribution in [0.1, 0.15) is 17.7 Å². The lowest BCUT2D eigenvalue weighted by molar-refractivity contribution is 0.122. The smallest absolute Gasteiger partial charge is 0.226 e. The molecule has 29 heavy (non-hydrogen) atoms. The van der Waals surface area contributed by atoms with Crippen LogP contribution in [0, 0.1) is 0 Å². The van der Waals surface area contributed by atoms with Crippen LogP contribution in [0.4, 0.5) is 11.6 Å². The van der Waals surface area contributed by atoms with E-state index in [9.17, 15) is 0 Å². The molecule has 148 valence electrons. The molecule has 0 radical (unpaired) electrons. The molecule has 1 N–H and O–H groups in total. The molecule has 3 aromatic heterocycles. The van der Waals surface area contributed by atoms with Gasteiger partial charge in [0.1, 0.15) is 0 Å². The van der Waals surface area contributed by atoms with Gasteiger partial charge >= 0.3 is 0 Å². The molecule has 1 saturated heterocycles. The van der Waals surface area contributed by atoms with Gasteiger partial charge in [-0.15, -0.1) is 0 Å². The van der Waals surface area contributed by atoms with Gasteiger partial charge in [0.2, 0.25) is 5.95 Å². The fraction of sp³-hybridized carbons (Fsp3) is 0.364. The Morgan fingerprint density at radius 1 is 1.00 bits per heavy atom. The Hall–Kier alpha value is -3.06. The summed E-state index contributed by atoms with van der Waals surface area (Å²) in [7, 11) is 0. The third-order valence-corrected chi connectivity index (χ3v) is 5.54. The minimum Gasteiger partial charge on any atom is -0.382 e. The highest BCUT2D eigenvalue weighted by atomic mass is 16.5. The first-order valence-corrected chi connectivity index (χ1v) is 10.2. The predicted molar refractivity (Wildman–Crippen MR) is 112 cm³/mol. The fourth-order valence-electron chi connectivity index (χ4n) is 4.06. The zero-order valence-corrected chi connectivity index (χ0v) is 16.3. The SMILES string of the molecule is c1cncc(-c2nc(N3CCOCC3)nc3c2CC[C@@H](Nc2ccncc2)C3)c1. The maximum Gasteiger partial charge on any atom is 0.226 e. The molecule has 5 rings (SSSR count). The first kappa shape index (κ1) is 18.0. The third-order valence-electron chi connectivity index (χ3n) is 5.54. The molecular formula is C22H24N6O. The van der Waals surface area contributed by atoms with Crippen molar-refractivity contribution < 1.29 is 4.74 Å². The van der Waals surface area contributed by atoms with Crippen molar-refractivity contribution in [3.63, 3.8) is 0 Å². The van der Waals surface area contributed by atoms with Crippen LogP contribution in [0.3, 0.4) is 0 Å². The van der Waals surface area contributed by atoms with E-state index in [1.54, 1.807) is 6.20 Å². The largest absolute Gasteiger partial charge is 0.382 e. The highest BCUT2D eigenvalue weighted by Crippen LogP contribution is 2.32. The summed E-state index contributed by atoms with van der Waals surface area (Å²) in [4.78, 5) is 20.6. The first-order chi connectivity index (χ1) is 14.4. The van der Waals surface area contributed by atoms with Crippen LogP contribution in [-0.4, -0.2) is 52.3 Å². The van der Waals surface area contributed by atoms with E-state index in [1.807, 2.05) is 36.8 Å². The van der Waals surface area contributed by atoms with Gasteiger partial charge in [-0.05, 0) is 37.1 Å². The van der Waals surface area contributed by atoms with Crippen molar-refractivity contribution >= 4 is 11.6 Å². The van der Waals surface area contributed by atoms with Gasteiger partial charge in [-0.2, -0.15) is 0 Å². The average molecular weight is 388 g/mol. The van der Waals surface area contributed by atoms with Crippen molar-refractivity contribution in [2.75, 3.05) is 36.5 Å². The fourth-order valence-corrected chi connectivity index (χ4v) is 4.06. The normalized spacial score (nSPS) is 18.9. The Kier molecular flexibility index (Phi) is 5.04. The Balaban J connectivity index is 1.49. The van der Waals surface area contributed by atoms with Crippen molar-refractivity contribution in [2.45, 2.75) is 25.3 Å². The lowest BCUT2D eigenvalue weighted by Crippen LogP contribution is -2.38. The number of nitrogens with one attached hydrogen (secondary N) is 1. The number of ether oxygens (including phenoxy) is 1. The summed E-state index contributed by atoms with van der Waals surface area (Å²) in [6.07, 6.45) is 10.2. The van der Waals surface area contributed by atoms with Gasteiger partial charge < -0.3 is 15.0 Å². The van der Waals surface area contributed by atoms with Crippen molar-refractivity contribution in [3.8, 4) is 11.3 Å². The van der Waals surface area contributed by atoms with Crippen molar-refractivity contribution in [1.29, 1.82) is 0 Å². The van der Waals surface area contributed by atoms with Crippen LogP contribution in [0.15, 0.2) is 49.1 Å². The van der Waals surface area contributed by atoms with Crippen LogP contribution in [0.2, 0.25) is 0 Å². The molecule has 7 nitrogen and oxygen atoms in total. The number of rotatable bonds is 4. The molecule has 0 spiro atoms. The molecule has 0 bridgehead atoms. The molecule has 0 saturated carbocycles. The monoisotopic (exact) mass is 388 g/mol. The van der Waals surface area contributed by atoms with Crippen LogP contribution in [-0.2, 0) is 17.6 Å². The highest BCUT2D eigenvalue weighted by molar-refractivity contribution is 5.65. The molecular weight excluding hydrogens is 364 g/mol. The second kappa shape index (κ2) is 8.13. The van der Waals surface area contributed by atoms with Crippen molar-refractivity contribution in [1.82, 2.24) is 19.9 Å². The molecule has 0 aromatic carbocycles. The lowest BCUT2D eigenvalue weighted by Gasteiger charge is -2.31. The molecule has 1 atom stereocenters. The maximum atomic E-state index is 5.51. The Morgan fingerprint density at radius 2 is 1.86 bits per heavy atom. The summed E-state index contributed by atoms with van der Waals surface area (Å²) < 4.78 is 5.51. The summed E-state index contributed by atoms with van der Waals surface area (Å²) in [6, 6.07) is 8.42. The molecule has 0 unspecified atom stereocenters. The summed E-state index contributed by atoms with van der Waals surface area (Å²) >= 11 is 0. The zero-order valence-electron chi connectivity index (χ0n) is 16.3. The second-order valence-electron chi connectivity index (χ2n) is 7.46. The number of hydrogen-bond acceptors (Lipinski definition) is 7. The van der Waals surface area contributed by atoms with Gasteiger partial charge in [-0.25, -0.2) is 9.97 Å². The second-order valence-corrected chi connectivity index (χ2v) is 7.46. The van der Waals surface area contributed by atoms with E-state index in [0.717, 1.165) is 74.2 Å². The summed E-state index contributed by atoms with van der Waals surface area (Å²) in [5, 5.41) is 3.63. The summed E-state index contributed by atoms with van der Waals surface area (Å²) in [5.74, 6) is 0.801. The molecule has 2 aliphatic rings. The molecule has 1 aliphatic carbocycles. The molecule has 1 fully saturated rings. The molecule has 0 amide bonds. The van der Waals surface area contributed by atoms with Gasteiger partial charge in [-0.1, -0.05) is 0 Å². The minimum atomic E-state index is 0.346. The van der Waals surface area contributed by atoms with Gasteiger partial charge in [0.25, 0.3) is 0 Å². The maximum absolute atomic E-state index is 5.51. The predicted octanol–water partition coefficient (Wildman–Crippen LogP) is 2.74. The van der Waals surface area contributed by atoms with Crippen LogP contribution in [0.5, 0.6) is 0 Å². The molecule has 3 aromatic rings. The van der Waals surface area contributed by atoms with E-state index in [4.69, 9.17) is 14.7 Å². The van der Waals surface area contributed by atoms with Crippen molar-refractivity contribution in [2.24, 2.45) is 0 Å². The van der Waals surface area contributed by atoms with E-state index >= 15 is 0 Å². The number of morpholine rings is 1. The van der Waals surface area contributed by atoms with E-state index in [0.29, 0.717) is 6.04 Å². The Labute approximate surface area is 170 Å². The van der Waals surface area contributed by atoms with Gasteiger partial charge in [0.05, 0.1) is 24.6 Å². The molecule has 1 aliphatic heterocycles. The van der Waals surface area contributed by atoms with Gasteiger partial charge in [0, 0.05) is 67.2 Å². The number of pyridine rings is 2. The third kappa shape index (κ3) is 3.91. The first-order valence-electron chi connectivity index (χ1n) is 10.2. The Morgan fingerprint density at radius 3 is 2.66 bits per heavy atom. The number of hydrogen-bond donors (Lipinski definition) is 1. The number of anilines is 2. The molecule has 4 heterocycles. The number of nitrogens with zero attached hydrogens (tertiary/aromatic N) is 5. The van der Waals surface area contributed by atoms with Crippen LogP contribution >= 0.6 is 0 Å². The number of fused-ring (bicyclic) bond motifs is 1. The van der Waals surface area contributed by atoms with E-state index < -0.39 is 0 Å². The zero-order chi connectivity index (χ0) is 19.5. The van der Waals surface area contributed by atoms with Crippen LogP contribution < -0.4 is 10.2 Å². The summed E-state index contributed by atoms with van der Waals surface area (Å²) in [6.45, 7) is 3.08. The van der Waals surface area contributed by atoms with Gasteiger partial charge in [0.15, 0.2) is 0 Å². The van der Waals surface area contributed by atoms with E-state index in [2.05, 4.69) is 26.3 Å². The Bertz CT molecular complexity index is 960. The van der Waals surface area contributed by atoms with Crippen molar-refractivity contribution in [3.05, 3.63) is 60.3 Å². The highest BCUT2D eigenvalue weighted by Gasteiger charge is 2.26. The quantitative estimate of drug-likeness (QED) is 0.736. The van der Waals surface area contributed by atoms with E-state index in [-0.39, 0.29) is 0 Å². The molecule has 7 heteroatoms. The average Bonchev–Trinajstić information content (AvgIpc) is 2.80. The van der Waals surface area contributed by atoms with E-state index in [1.165, 1.54) is 5.56 Å². The summed E-state index contributed by atoms with van der Waals surface area (Å²) in [5.41, 5.74) is 5.57. The lowest BCUT2D eigenvalue weighted by atomic mass is 9.89. The van der Waals surface area contributed by atoms with Gasteiger partial charge in [-0.3, -0.25) is 9.97 Å².